The number of hydrogen-bond donors (Lipinski definition) is 1. The molecule has 1 aliphatic carbocycles. The SMILES string of the molecule is CCC(C)(C)[C@@H]1CCC(=O)/C(=C/Nc2cccc(Br)c2)C1. The first-order valence-electron chi connectivity index (χ1n) is 7.66. The Morgan fingerprint density at radius 3 is 2.86 bits per heavy atom. The minimum absolute atomic E-state index is 0.292. The van der Waals surface area contributed by atoms with Crippen molar-refractivity contribution in [1.29, 1.82) is 0 Å². The molecule has 2 rings (SSSR count). The highest BCUT2D eigenvalue weighted by Crippen LogP contribution is 2.41. The summed E-state index contributed by atoms with van der Waals surface area (Å²) < 4.78 is 1.03. The van der Waals surface area contributed by atoms with Gasteiger partial charge in [-0.2, -0.15) is 0 Å². The number of benzene rings is 1. The lowest BCUT2D eigenvalue weighted by Gasteiger charge is -2.36. The molecule has 0 bridgehead atoms. The molecule has 1 aromatic carbocycles. The van der Waals surface area contributed by atoms with E-state index in [1.807, 2.05) is 30.5 Å². The summed E-state index contributed by atoms with van der Waals surface area (Å²) in [5, 5.41) is 3.26. The average Bonchev–Trinajstić information content (AvgIpc) is 2.46. The summed E-state index contributed by atoms with van der Waals surface area (Å²) in [6.07, 6.45) is 5.65. The Labute approximate surface area is 136 Å². The smallest absolute Gasteiger partial charge is 0.160 e. The van der Waals surface area contributed by atoms with Gasteiger partial charge in [-0.3, -0.25) is 4.79 Å². The fourth-order valence-electron chi connectivity index (χ4n) is 2.79. The van der Waals surface area contributed by atoms with Gasteiger partial charge in [-0.05, 0) is 42.4 Å². The van der Waals surface area contributed by atoms with Gasteiger partial charge in [-0.15, -0.1) is 0 Å². The summed E-state index contributed by atoms with van der Waals surface area (Å²) in [5.41, 5.74) is 2.24. The number of hydrogen-bond acceptors (Lipinski definition) is 2. The van der Waals surface area contributed by atoms with Crippen molar-refractivity contribution in [2.45, 2.75) is 46.5 Å². The third kappa shape index (κ3) is 4.19. The number of anilines is 1. The number of ketones is 1. The van der Waals surface area contributed by atoms with Crippen LogP contribution in [0.3, 0.4) is 0 Å². The quantitative estimate of drug-likeness (QED) is 0.721. The van der Waals surface area contributed by atoms with Gasteiger partial charge in [0.15, 0.2) is 5.78 Å². The number of Topliss-reactive ketones (excluding diaryl/α,β-unsaturated/α-hetero) is 1. The first-order valence-corrected chi connectivity index (χ1v) is 8.46. The van der Waals surface area contributed by atoms with Gasteiger partial charge in [0.05, 0.1) is 0 Å². The Balaban J connectivity index is 2.10. The fourth-order valence-corrected chi connectivity index (χ4v) is 3.19. The lowest BCUT2D eigenvalue weighted by atomic mass is 9.68. The van der Waals surface area contributed by atoms with E-state index in [4.69, 9.17) is 0 Å². The fraction of sp³-hybridized carbons (Fsp3) is 0.500. The standard InChI is InChI=1S/C18H24BrNO/c1-4-18(2,3)14-8-9-17(21)13(10-14)12-20-16-7-5-6-15(19)11-16/h5-7,11-12,14,20H,4,8-10H2,1-3H3/b13-12+/t14-/m1/s1. The van der Waals surface area contributed by atoms with Gasteiger partial charge in [-0.1, -0.05) is 49.2 Å². The van der Waals surface area contributed by atoms with E-state index in [0.717, 1.165) is 35.0 Å². The highest BCUT2D eigenvalue weighted by molar-refractivity contribution is 9.10. The largest absolute Gasteiger partial charge is 0.361 e. The minimum Gasteiger partial charge on any atom is -0.361 e. The maximum atomic E-state index is 12.1. The summed E-state index contributed by atoms with van der Waals surface area (Å²) in [4.78, 5) is 12.1. The van der Waals surface area contributed by atoms with Gasteiger partial charge in [0, 0.05) is 28.4 Å². The molecule has 1 fully saturated rings. The first-order chi connectivity index (χ1) is 9.92. The molecular weight excluding hydrogens is 326 g/mol. The number of carbonyl (C=O) groups excluding carboxylic acids is 1. The number of halogens is 1. The number of allylic oxidation sites excluding steroid dienone is 1. The predicted molar refractivity (Wildman–Crippen MR) is 92.3 cm³/mol. The van der Waals surface area contributed by atoms with E-state index in [1.165, 1.54) is 0 Å². The van der Waals surface area contributed by atoms with Crippen LogP contribution >= 0.6 is 15.9 Å². The summed E-state index contributed by atoms with van der Waals surface area (Å²) in [5.74, 6) is 0.886. The van der Waals surface area contributed by atoms with E-state index in [2.05, 4.69) is 42.0 Å². The third-order valence-corrected chi connectivity index (χ3v) is 5.29. The Morgan fingerprint density at radius 1 is 1.43 bits per heavy atom. The molecule has 114 valence electrons. The second kappa shape index (κ2) is 6.78. The maximum Gasteiger partial charge on any atom is 0.160 e. The normalized spacial score (nSPS) is 21.6. The zero-order valence-electron chi connectivity index (χ0n) is 13.1. The van der Waals surface area contributed by atoms with Crippen LogP contribution in [0, 0.1) is 11.3 Å². The van der Waals surface area contributed by atoms with Gasteiger partial charge in [0.25, 0.3) is 0 Å². The molecule has 2 nitrogen and oxygen atoms in total. The number of carbonyl (C=O) groups is 1. The van der Waals surface area contributed by atoms with Crippen LogP contribution in [0.15, 0.2) is 40.5 Å². The summed E-state index contributed by atoms with van der Waals surface area (Å²) >= 11 is 3.46. The Bertz CT molecular complexity index is 548. The molecule has 0 amide bonds. The van der Waals surface area contributed by atoms with Crippen LogP contribution in [0.25, 0.3) is 0 Å². The molecule has 0 unspecified atom stereocenters. The highest BCUT2D eigenvalue weighted by atomic mass is 79.9. The van der Waals surface area contributed by atoms with Crippen LogP contribution in [0.1, 0.15) is 46.5 Å². The molecule has 0 saturated heterocycles. The van der Waals surface area contributed by atoms with Crippen LogP contribution in [0.2, 0.25) is 0 Å². The molecular formula is C18H24BrNO. The summed E-state index contributed by atoms with van der Waals surface area (Å²) in [7, 11) is 0. The maximum absolute atomic E-state index is 12.1. The molecule has 0 spiro atoms. The van der Waals surface area contributed by atoms with Crippen molar-refractivity contribution >= 4 is 27.4 Å². The van der Waals surface area contributed by atoms with Crippen molar-refractivity contribution in [3.8, 4) is 0 Å². The van der Waals surface area contributed by atoms with E-state index < -0.39 is 0 Å². The van der Waals surface area contributed by atoms with Crippen LogP contribution in [-0.2, 0) is 4.79 Å². The molecule has 1 saturated carbocycles. The van der Waals surface area contributed by atoms with Crippen LogP contribution < -0.4 is 5.32 Å². The van der Waals surface area contributed by atoms with Gasteiger partial charge in [0.1, 0.15) is 0 Å². The van der Waals surface area contributed by atoms with E-state index in [9.17, 15) is 4.79 Å². The van der Waals surface area contributed by atoms with E-state index in [0.29, 0.717) is 23.5 Å². The third-order valence-electron chi connectivity index (χ3n) is 4.80. The summed E-state index contributed by atoms with van der Waals surface area (Å²) in [6, 6.07) is 7.99. The molecule has 1 aromatic rings. The molecule has 0 aliphatic heterocycles. The molecule has 3 heteroatoms. The summed E-state index contributed by atoms with van der Waals surface area (Å²) in [6.45, 7) is 6.86. The monoisotopic (exact) mass is 349 g/mol. The van der Waals surface area contributed by atoms with Crippen molar-refractivity contribution in [2.75, 3.05) is 5.32 Å². The molecule has 1 atom stereocenters. The van der Waals surface area contributed by atoms with Crippen LogP contribution in [0.4, 0.5) is 5.69 Å². The zero-order valence-corrected chi connectivity index (χ0v) is 14.7. The van der Waals surface area contributed by atoms with Crippen molar-refractivity contribution in [3.05, 3.63) is 40.5 Å². The number of nitrogens with one attached hydrogen (secondary N) is 1. The topological polar surface area (TPSA) is 29.1 Å². The van der Waals surface area contributed by atoms with Gasteiger partial charge < -0.3 is 5.32 Å². The number of rotatable bonds is 4. The van der Waals surface area contributed by atoms with Gasteiger partial charge in [-0.25, -0.2) is 0 Å². The van der Waals surface area contributed by atoms with Crippen molar-refractivity contribution in [2.24, 2.45) is 11.3 Å². The Morgan fingerprint density at radius 2 is 2.19 bits per heavy atom. The van der Waals surface area contributed by atoms with Crippen molar-refractivity contribution in [1.82, 2.24) is 0 Å². The Hall–Kier alpha value is -1.09. The molecule has 1 N–H and O–H groups in total. The molecule has 21 heavy (non-hydrogen) atoms. The van der Waals surface area contributed by atoms with Crippen LogP contribution in [0.5, 0.6) is 0 Å². The second-order valence-electron chi connectivity index (χ2n) is 6.53. The van der Waals surface area contributed by atoms with Crippen molar-refractivity contribution in [3.63, 3.8) is 0 Å². The lowest BCUT2D eigenvalue weighted by molar-refractivity contribution is -0.117. The molecule has 0 aromatic heterocycles. The van der Waals surface area contributed by atoms with E-state index in [1.54, 1.807) is 0 Å². The predicted octanol–water partition coefficient (Wildman–Crippen LogP) is 5.55. The highest BCUT2D eigenvalue weighted by Gasteiger charge is 2.33. The van der Waals surface area contributed by atoms with Gasteiger partial charge in [0.2, 0.25) is 0 Å². The van der Waals surface area contributed by atoms with E-state index in [-0.39, 0.29) is 0 Å². The molecule has 0 radical (unpaired) electrons. The zero-order chi connectivity index (χ0) is 15.5. The average molecular weight is 350 g/mol. The van der Waals surface area contributed by atoms with Gasteiger partial charge >= 0.3 is 0 Å². The minimum atomic E-state index is 0.292. The molecule has 0 heterocycles. The molecule has 1 aliphatic rings. The first kappa shape index (κ1) is 16.3. The van der Waals surface area contributed by atoms with Crippen LogP contribution in [-0.4, -0.2) is 5.78 Å². The van der Waals surface area contributed by atoms with Crippen molar-refractivity contribution < 1.29 is 4.79 Å². The Kier molecular flexibility index (Phi) is 5.26. The lowest BCUT2D eigenvalue weighted by Crippen LogP contribution is -2.29. The van der Waals surface area contributed by atoms with E-state index >= 15 is 0 Å². The second-order valence-corrected chi connectivity index (χ2v) is 7.44.